The van der Waals surface area contributed by atoms with Crippen molar-refractivity contribution in [3.05, 3.63) is 29.8 Å². The van der Waals surface area contributed by atoms with Gasteiger partial charge in [0.1, 0.15) is 5.75 Å². The van der Waals surface area contributed by atoms with E-state index in [1.165, 1.54) is 6.42 Å². The van der Waals surface area contributed by atoms with Crippen LogP contribution in [-0.2, 0) is 4.74 Å². The van der Waals surface area contributed by atoms with Crippen LogP contribution in [0.3, 0.4) is 0 Å². The summed E-state index contributed by atoms with van der Waals surface area (Å²) >= 11 is 0. The Morgan fingerprint density at radius 2 is 2.00 bits per heavy atom. The molecule has 4 heteroatoms. The minimum Gasteiger partial charge on any atom is -0.491 e. The summed E-state index contributed by atoms with van der Waals surface area (Å²) in [5.41, 5.74) is 4.03. The van der Waals surface area contributed by atoms with Crippen LogP contribution in [-0.4, -0.2) is 18.8 Å². The van der Waals surface area contributed by atoms with Gasteiger partial charge in [-0.2, -0.15) is 0 Å². The third-order valence-electron chi connectivity index (χ3n) is 3.38. The molecule has 4 nitrogen and oxygen atoms in total. The molecule has 1 fully saturated rings. The van der Waals surface area contributed by atoms with E-state index in [0.29, 0.717) is 0 Å². The number of ether oxygens (including phenoxy) is 2. The summed E-state index contributed by atoms with van der Waals surface area (Å²) in [5.74, 6) is 6.58. The van der Waals surface area contributed by atoms with Gasteiger partial charge in [0.2, 0.25) is 0 Å². The number of hydrogen-bond acceptors (Lipinski definition) is 4. The van der Waals surface area contributed by atoms with Crippen LogP contribution < -0.4 is 16.0 Å². The Balaban J connectivity index is 2.05. The molecule has 1 saturated heterocycles. The van der Waals surface area contributed by atoms with E-state index < -0.39 is 0 Å². The van der Waals surface area contributed by atoms with Crippen molar-refractivity contribution in [1.82, 2.24) is 5.43 Å². The first-order chi connectivity index (χ1) is 9.20. The van der Waals surface area contributed by atoms with E-state index in [0.717, 1.165) is 30.8 Å². The second-order valence-electron chi connectivity index (χ2n) is 5.29. The summed E-state index contributed by atoms with van der Waals surface area (Å²) in [4.78, 5) is 0. The normalized spacial score (nSPS) is 21.4. The Kier molecular flexibility index (Phi) is 5.19. The molecule has 1 aromatic carbocycles. The molecule has 3 N–H and O–H groups in total. The average molecular weight is 264 g/mol. The highest BCUT2D eigenvalue weighted by atomic mass is 16.5. The third-order valence-corrected chi connectivity index (χ3v) is 3.38. The van der Waals surface area contributed by atoms with Crippen LogP contribution in [0.2, 0.25) is 0 Å². The summed E-state index contributed by atoms with van der Waals surface area (Å²) in [7, 11) is 0. The average Bonchev–Trinajstić information content (AvgIpc) is 2.42. The zero-order valence-electron chi connectivity index (χ0n) is 11.8. The Morgan fingerprint density at radius 3 is 2.53 bits per heavy atom. The monoisotopic (exact) mass is 264 g/mol. The van der Waals surface area contributed by atoms with Crippen molar-refractivity contribution in [1.29, 1.82) is 0 Å². The van der Waals surface area contributed by atoms with E-state index in [4.69, 9.17) is 15.3 Å². The molecule has 0 radical (unpaired) electrons. The molecule has 0 saturated carbocycles. The van der Waals surface area contributed by atoms with Crippen molar-refractivity contribution in [2.75, 3.05) is 6.61 Å². The van der Waals surface area contributed by atoms with Crippen molar-refractivity contribution in [2.45, 2.75) is 51.4 Å². The van der Waals surface area contributed by atoms with Gasteiger partial charge in [-0.3, -0.25) is 11.3 Å². The van der Waals surface area contributed by atoms with Gasteiger partial charge in [0.05, 0.1) is 18.2 Å². The van der Waals surface area contributed by atoms with Gasteiger partial charge < -0.3 is 9.47 Å². The molecule has 19 heavy (non-hydrogen) atoms. The zero-order valence-corrected chi connectivity index (χ0v) is 11.8. The molecule has 0 aromatic heterocycles. The maximum Gasteiger partial charge on any atom is 0.119 e. The van der Waals surface area contributed by atoms with Gasteiger partial charge in [-0.25, -0.2) is 0 Å². The van der Waals surface area contributed by atoms with Crippen LogP contribution in [0.5, 0.6) is 5.75 Å². The molecule has 0 bridgehead atoms. The molecule has 1 aliphatic heterocycles. The van der Waals surface area contributed by atoms with Gasteiger partial charge in [-0.05, 0) is 50.8 Å². The van der Waals surface area contributed by atoms with Crippen molar-refractivity contribution >= 4 is 0 Å². The summed E-state index contributed by atoms with van der Waals surface area (Å²) in [6.45, 7) is 4.87. The van der Waals surface area contributed by atoms with Gasteiger partial charge in [-0.15, -0.1) is 0 Å². The van der Waals surface area contributed by atoms with E-state index in [1.54, 1.807) is 0 Å². The molecular weight excluding hydrogens is 240 g/mol. The second-order valence-corrected chi connectivity index (χ2v) is 5.29. The lowest BCUT2D eigenvalue weighted by molar-refractivity contribution is -0.00823. The van der Waals surface area contributed by atoms with Crippen LogP contribution >= 0.6 is 0 Å². The molecule has 0 spiro atoms. The molecule has 2 unspecified atom stereocenters. The van der Waals surface area contributed by atoms with Crippen LogP contribution in [0.4, 0.5) is 0 Å². The van der Waals surface area contributed by atoms with Crippen LogP contribution in [0.25, 0.3) is 0 Å². The van der Waals surface area contributed by atoms with Gasteiger partial charge in [0, 0.05) is 6.61 Å². The maximum atomic E-state index is 5.81. The molecule has 0 amide bonds. The fourth-order valence-corrected chi connectivity index (χ4v) is 2.47. The number of nitrogens with one attached hydrogen (secondary N) is 1. The van der Waals surface area contributed by atoms with Crippen molar-refractivity contribution in [2.24, 2.45) is 5.84 Å². The highest BCUT2D eigenvalue weighted by molar-refractivity contribution is 5.30. The van der Waals surface area contributed by atoms with Crippen molar-refractivity contribution < 1.29 is 9.47 Å². The zero-order chi connectivity index (χ0) is 13.7. The molecule has 2 rings (SSSR count). The standard InChI is InChI=1S/C15H24N2O2/c1-11(2)19-13-8-6-12(7-9-13)15(17-16)14-5-3-4-10-18-14/h6-9,11,14-15,17H,3-5,10,16H2,1-2H3. The minimum atomic E-state index is 0.0494. The molecule has 106 valence electrons. The molecule has 0 aliphatic carbocycles. The molecule has 1 aliphatic rings. The van der Waals surface area contributed by atoms with E-state index in [2.05, 4.69) is 17.6 Å². The van der Waals surface area contributed by atoms with Crippen LogP contribution in [0, 0.1) is 0 Å². The Hall–Kier alpha value is -1.10. The number of nitrogens with two attached hydrogens (primary N) is 1. The van der Waals surface area contributed by atoms with Gasteiger partial charge >= 0.3 is 0 Å². The van der Waals surface area contributed by atoms with Gasteiger partial charge in [0.25, 0.3) is 0 Å². The van der Waals surface area contributed by atoms with Gasteiger partial charge in [0.15, 0.2) is 0 Å². The quantitative estimate of drug-likeness (QED) is 0.634. The first kappa shape index (κ1) is 14.3. The number of benzene rings is 1. The Bertz CT molecular complexity index is 372. The summed E-state index contributed by atoms with van der Waals surface area (Å²) in [5, 5.41) is 0. The maximum absolute atomic E-state index is 5.81. The highest BCUT2D eigenvalue weighted by Gasteiger charge is 2.24. The molecule has 1 heterocycles. The number of hydrogen-bond donors (Lipinski definition) is 2. The third kappa shape index (κ3) is 3.93. The molecule has 1 aromatic rings. The highest BCUT2D eigenvalue weighted by Crippen LogP contribution is 2.27. The first-order valence-corrected chi connectivity index (χ1v) is 7.05. The lowest BCUT2D eigenvalue weighted by Gasteiger charge is -2.30. The van der Waals surface area contributed by atoms with E-state index >= 15 is 0 Å². The topological polar surface area (TPSA) is 56.5 Å². The molecule has 2 atom stereocenters. The first-order valence-electron chi connectivity index (χ1n) is 7.05. The lowest BCUT2D eigenvalue weighted by atomic mass is 9.96. The SMILES string of the molecule is CC(C)Oc1ccc(C(NN)C2CCCCO2)cc1. The van der Waals surface area contributed by atoms with E-state index in [9.17, 15) is 0 Å². The number of hydrazine groups is 1. The van der Waals surface area contributed by atoms with E-state index in [-0.39, 0.29) is 18.2 Å². The van der Waals surface area contributed by atoms with Crippen LogP contribution in [0.15, 0.2) is 24.3 Å². The lowest BCUT2D eigenvalue weighted by Crippen LogP contribution is -2.39. The predicted molar refractivity (Wildman–Crippen MR) is 75.9 cm³/mol. The second kappa shape index (κ2) is 6.89. The smallest absolute Gasteiger partial charge is 0.119 e. The Labute approximate surface area is 115 Å². The largest absolute Gasteiger partial charge is 0.491 e. The van der Waals surface area contributed by atoms with Gasteiger partial charge in [-0.1, -0.05) is 12.1 Å². The van der Waals surface area contributed by atoms with E-state index in [1.807, 2.05) is 26.0 Å². The number of rotatable bonds is 5. The fourth-order valence-electron chi connectivity index (χ4n) is 2.47. The summed E-state index contributed by atoms with van der Waals surface area (Å²) in [6, 6.07) is 8.14. The Morgan fingerprint density at radius 1 is 1.26 bits per heavy atom. The summed E-state index contributed by atoms with van der Waals surface area (Å²) < 4.78 is 11.5. The van der Waals surface area contributed by atoms with Crippen molar-refractivity contribution in [3.63, 3.8) is 0 Å². The van der Waals surface area contributed by atoms with Crippen molar-refractivity contribution in [3.8, 4) is 5.75 Å². The molecular formula is C15H24N2O2. The summed E-state index contributed by atoms with van der Waals surface area (Å²) in [6.07, 6.45) is 3.76. The minimum absolute atomic E-state index is 0.0494. The fraction of sp³-hybridized carbons (Fsp3) is 0.600. The van der Waals surface area contributed by atoms with Crippen LogP contribution in [0.1, 0.15) is 44.7 Å². The predicted octanol–water partition coefficient (Wildman–Crippen LogP) is 2.55.